The van der Waals surface area contributed by atoms with E-state index in [1.54, 1.807) is 45.0 Å². The van der Waals surface area contributed by atoms with Gasteiger partial charge in [-0.3, -0.25) is 4.79 Å². The van der Waals surface area contributed by atoms with Crippen LogP contribution < -0.4 is 16.0 Å². The van der Waals surface area contributed by atoms with Crippen molar-refractivity contribution >= 4 is 23.8 Å². The zero-order valence-electron chi connectivity index (χ0n) is 18.4. The first-order valence-corrected chi connectivity index (χ1v) is 10.2. The molecule has 1 rings (SSSR count). The van der Waals surface area contributed by atoms with E-state index in [-0.39, 0.29) is 13.2 Å². The first-order valence-electron chi connectivity index (χ1n) is 10.2. The molecule has 0 aliphatic carbocycles. The van der Waals surface area contributed by atoms with Crippen LogP contribution in [0.3, 0.4) is 0 Å². The molecular formula is C22H33N3O6. The van der Waals surface area contributed by atoms with Crippen molar-refractivity contribution in [2.75, 3.05) is 18.5 Å². The number of carbonyl (C=O) groups excluding carboxylic acids is 3. The van der Waals surface area contributed by atoms with Crippen LogP contribution in [0.25, 0.3) is 0 Å². The Morgan fingerprint density at radius 1 is 1.13 bits per heavy atom. The minimum atomic E-state index is -0.823. The summed E-state index contributed by atoms with van der Waals surface area (Å²) >= 11 is 0. The largest absolute Gasteiger partial charge is 0.445 e. The molecule has 0 radical (unpaired) electrons. The van der Waals surface area contributed by atoms with Crippen LogP contribution in [-0.4, -0.2) is 48.0 Å². The van der Waals surface area contributed by atoms with Gasteiger partial charge in [0.15, 0.2) is 0 Å². The second kappa shape index (κ2) is 13.3. The first-order chi connectivity index (χ1) is 14.6. The Morgan fingerprint density at radius 3 is 2.39 bits per heavy atom. The summed E-state index contributed by atoms with van der Waals surface area (Å²) in [6.07, 6.45) is 1.72. The number of unbranched alkanes of at least 4 members (excludes halogenated alkanes) is 1. The fourth-order valence-corrected chi connectivity index (χ4v) is 2.49. The summed E-state index contributed by atoms with van der Waals surface area (Å²) in [6, 6.07) is 5.90. The van der Waals surface area contributed by atoms with Gasteiger partial charge in [-0.15, -0.1) is 0 Å². The number of aliphatic hydroxyl groups excluding tert-OH is 1. The average Bonchev–Trinajstić information content (AvgIpc) is 2.70. The van der Waals surface area contributed by atoms with Crippen molar-refractivity contribution in [3.05, 3.63) is 42.5 Å². The van der Waals surface area contributed by atoms with Crippen molar-refractivity contribution in [1.29, 1.82) is 0 Å². The Bertz CT molecular complexity index is 728. The SMILES string of the molecule is C=CCOC(=O)NC(CCCCNC(=O)OC(C)(C)C)C(=O)Nc1ccc(CO)cc1. The lowest BCUT2D eigenvalue weighted by Gasteiger charge is -2.20. The van der Waals surface area contributed by atoms with Crippen LogP contribution in [0.15, 0.2) is 36.9 Å². The second-order valence-corrected chi connectivity index (χ2v) is 7.85. The molecular weight excluding hydrogens is 402 g/mol. The minimum absolute atomic E-state index is 0.0304. The molecule has 9 heteroatoms. The summed E-state index contributed by atoms with van der Waals surface area (Å²) in [4.78, 5) is 36.2. The minimum Gasteiger partial charge on any atom is -0.445 e. The number of carbonyl (C=O) groups is 3. The Morgan fingerprint density at radius 2 is 1.81 bits per heavy atom. The highest BCUT2D eigenvalue weighted by Gasteiger charge is 2.21. The molecule has 4 N–H and O–H groups in total. The number of hydrogen-bond donors (Lipinski definition) is 4. The molecule has 0 aliphatic rings. The first kappa shape index (κ1) is 26.0. The standard InChI is InChI=1S/C22H33N3O6/c1-5-14-30-21(29)25-18(8-6-7-13-23-20(28)31-22(2,3)4)19(27)24-17-11-9-16(15-26)10-12-17/h5,9-12,18,26H,1,6-8,13-15H2,2-4H3,(H,23,28)(H,24,27)(H,25,29). The molecule has 0 bridgehead atoms. The van der Waals surface area contributed by atoms with Crippen molar-refractivity contribution in [2.45, 2.75) is 58.3 Å². The normalized spacial score (nSPS) is 11.7. The summed E-state index contributed by atoms with van der Waals surface area (Å²) in [7, 11) is 0. The molecule has 1 atom stereocenters. The second-order valence-electron chi connectivity index (χ2n) is 7.85. The van der Waals surface area contributed by atoms with Crippen LogP contribution in [0.4, 0.5) is 15.3 Å². The summed E-state index contributed by atoms with van der Waals surface area (Å²) in [5.74, 6) is -0.396. The number of hydrogen-bond acceptors (Lipinski definition) is 6. The molecule has 9 nitrogen and oxygen atoms in total. The molecule has 1 unspecified atom stereocenters. The average molecular weight is 436 g/mol. The molecule has 0 heterocycles. The summed E-state index contributed by atoms with van der Waals surface area (Å²) in [5, 5.41) is 17.1. The molecule has 31 heavy (non-hydrogen) atoms. The van der Waals surface area contributed by atoms with Crippen LogP contribution >= 0.6 is 0 Å². The van der Waals surface area contributed by atoms with Gasteiger partial charge in [0, 0.05) is 12.2 Å². The summed E-state index contributed by atoms with van der Waals surface area (Å²) < 4.78 is 10.1. The van der Waals surface area contributed by atoms with Crippen molar-refractivity contribution < 1.29 is 29.0 Å². The van der Waals surface area contributed by atoms with Gasteiger partial charge in [-0.25, -0.2) is 9.59 Å². The molecule has 3 amide bonds. The van der Waals surface area contributed by atoms with Gasteiger partial charge in [0.1, 0.15) is 18.2 Å². The number of ether oxygens (including phenoxy) is 2. The Hall–Kier alpha value is -3.07. The number of anilines is 1. The van der Waals surface area contributed by atoms with E-state index in [1.165, 1.54) is 6.08 Å². The molecule has 0 fully saturated rings. The van der Waals surface area contributed by atoms with Crippen molar-refractivity contribution in [3.63, 3.8) is 0 Å². The van der Waals surface area contributed by atoms with Crippen molar-refractivity contribution in [1.82, 2.24) is 10.6 Å². The zero-order chi connectivity index (χ0) is 23.3. The van der Waals surface area contributed by atoms with E-state index < -0.39 is 29.7 Å². The molecule has 0 aliphatic heterocycles. The Kier molecular flexibility index (Phi) is 11.1. The fourth-order valence-electron chi connectivity index (χ4n) is 2.49. The van der Waals surface area contributed by atoms with E-state index in [2.05, 4.69) is 22.5 Å². The lowest BCUT2D eigenvalue weighted by Crippen LogP contribution is -2.44. The van der Waals surface area contributed by atoms with Gasteiger partial charge in [0.2, 0.25) is 5.91 Å². The van der Waals surface area contributed by atoms with Gasteiger partial charge in [-0.2, -0.15) is 0 Å². The van der Waals surface area contributed by atoms with Gasteiger partial charge in [0.05, 0.1) is 6.61 Å². The number of amides is 3. The lowest BCUT2D eigenvalue weighted by atomic mass is 10.1. The predicted molar refractivity (Wildman–Crippen MR) is 118 cm³/mol. The maximum atomic E-state index is 12.7. The maximum absolute atomic E-state index is 12.7. The monoisotopic (exact) mass is 435 g/mol. The molecule has 0 saturated heterocycles. The van der Waals surface area contributed by atoms with Crippen LogP contribution in [0.5, 0.6) is 0 Å². The molecule has 0 aromatic heterocycles. The smallest absolute Gasteiger partial charge is 0.408 e. The third kappa shape index (κ3) is 11.6. The Balaban J connectivity index is 2.57. The van der Waals surface area contributed by atoms with E-state index in [0.717, 1.165) is 5.56 Å². The van der Waals surface area contributed by atoms with Gasteiger partial charge in [-0.1, -0.05) is 24.8 Å². The van der Waals surface area contributed by atoms with Gasteiger partial charge >= 0.3 is 12.2 Å². The summed E-state index contributed by atoms with van der Waals surface area (Å²) in [5.41, 5.74) is 0.691. The molecule has 0 spiro atoms. The number of alkyl carbamates (subject to hydrolysis) is 2. The van der Waals surface area contributed by atoms with E-state index in [9.17, 15) is 14.4 Å². The number of benzene rings is 1. The van der Waals surface area contributed by atoms with Crippen LogP contribution in [0.2, 0.25) is 0 Å². The highest BCUT2D eigenvalue weighted by molar-refractivity contribution is 5.96. The molecule has 0 saturated carbocycles. The predicted octanol–water partition coefficient (Wildman–Crippen LogP) is 3.09. The fraction of sp³-hybridized carbons (Fsp3) is 0.500. The zero-order valence-corrected chi connectivity index (χ0v) is 18.4. The molecule has 172 valence electrons. The van der Waals surface area contributed by atoms with Crippen LogP contribution in [0, 0.1) is 0 Å². The number of nitrogens with one attached hydrogen (secondary N) is 3. The highest BCUT2D eigenvalue weighted by Crippen LogP contribution is 2.12. The van der Waals surface area contributed by atoms with Gasteiger partial charge < -0.3 is 30.5 Å². The number of aliphatic hydroxyl groups is 1. The maximum Gasteiger partial charge on any atom is 0.408 e. The van der Waals surface area contributed by atoms with E-state index in [4.69, 9.17) is 14.6 Å². The van der Waals surface area contributed by atoms with E-state index in [0.29, 0.717) is 31.5 Å². The van der Waals surface area contributed by atoms with E-state index in [1.807, 2.05) is 0 Å². The Labute approximate surface area is 183 Å². The third-order valence-corrected chi connectivity index (χ3v) is 3.93. The van der Waals surface area contributed by atoms with Crippen LogP contribution in [-0.2, 0) is 20.9 Å². The number of rotatable bonds is 11. The summed E-state index contributed by atoms with van der Waals surface area (Å²) in [6.45, 7) is 9.14. The van der Waals surface area contributed by atoms with Crippen LogP contribution in [0.1, 0.15) is 45.6 Å². The van der Waals surface area contributed by atoms with Gasteiger partial charge in [-0.05, 0) is 57.7 Å². The molecule has 1 aromatic rings. The lowest BCUT2D eigenvalue weighted by molar-refractivity contribution is -0.118. The molecule has 1 aromatic carbocycles. The quantitative estimate of drug-likeness (QED) is 0.313. The van der Waals surface area contributed by atoms with Gasteiger partial charge in [0.25, 0.3) is 0 Å². The van der Waals surface area contributed by atoms with Crippen molar-refractivity contribution in [3.8, 4) is 0 Å². The third-order valence-electron chi connectivity index (χ3n) is 3.93. The topological polar surface area (TPSA) is 126 Å². The van der Waals surface area contributed by atoms with E-state index >= 15 is 0 Å². The van der Waals surface area contributed by atoms with Crippen molar-refractivity contribution in [2.24, 2.45) is 0 Å². The highest BCUT2D eigenvalue weighted by atomic mass is 16.6.